The Bertz CT molecular complexity index is 855. The van der Waals surface area contributed by atoms with E-state index in [4.69, 9.17) is 9.15 Å². The van der Waals surface area contributed by atoms with Crippen molar-refractivity contribution in [1.29, 1.82) is 0 Å². The molecule has 0 radical (unpaired) electrons. The zero-order valence-electron chi connectivity index (χ0n) is 15.0. The average molecular weight is 366 g/mol. The summed E-state index contributed by atoms with van der Waals surface area (Å²) >= 11 is 0. The minimum Gasteiger partial charge on any atom is -0.466 e. The SMILES string of the molecule is C[C@@](OCc1ccc(-c2ccccc2)cc1)(C(=O)CO)[C@@H](O)c1ccco1. The van der Waals surface area contributed by atoms with Crippen LogP contribution in [0, 0.1) is 0 Å². The van der Waals surface area contributed by atoms with Crippen LogP contribution in [0.4, 0.5) is 0 Å². The van der Waals surface area contributed by atoms with Crippen LogP contribution in [0.15, 0.2) is 77.4 Å². The van der Waals surface area contributed by atoms with Crippen molar-refractivity contribution in [3.05, 3.63) is 84.3 Å². The van der Waals surface area contributed by atoms with Crippen LogP contribution in [0.25, 0.3) is 11.1 Å². The molecule has 0 saturated carbocycles. The number of furan rings is 1. The number of benzene rings is 2. The molecular weight excluding hydrogens is 344 g/mol. The molecule has 0 saturated heterocycles. The first kappa shape index (κ1) is 19.0. The lowest BCUT2D eigenvalue weighted by Crippen LogP contribution is -2.45. The van der Waals surface area contributed by atoms with Crippen LogP contribution in [-0.4, -0.2) is 28.2 Å². The van der Waals surface area contributed by atoms with Crippen molar-refractivity contribution in [2.75, 3.05) is 6.61 Å². The first-order chi connectivity index (χ1) is 13.0. The van der Waals surface area contributed by atoms with Gasteiger partial charge in [-0.15, -0.1) is 0 Å². The second-order valence-corrected chi connectivity index (χ2v) is 6.46. The van der Waals surface area contributed by atoms with Gasteiger partial charge in [-0.05, 0) is 35.7 Å². The number of carbonyl (C=O) groups excluding carboxylic acids is 1. The molecule has 2 atom stereocenters. The largest absolute Gasteiger partial charge is 0.466 e. The quantitative estimate of drug-likeness (QED) is 0.638. The summed E-state index contributed by atoms with van der Waals surface area (Å²) in [7, 11) is 0. The summed E-state index contributed by atoms with van der Waals surface area (Å²) in [4.78, 5) is 12.3. The first-order valence-corrected chi connectivity index (χ1v) is 8.68. The number of Topliss-reactive ketones (excluding diaryl/α,β-unsaturated/α-hetero) is 1. The number of hydrogen-bond donors (Lipinski definition) is 2. The Balaban J connectivity index is 1.75. The second-order valence-electron chi connectivity index (χ2n) is 6.46. The number of aliphatic hydroxyl groups is 2. The topological polar surface area (TPSA) is 79.9 Å². The Hall–Kier alpha value is -2.73. The summed E-state index contributed by atoms with van der Waals surface area (Å²) in [6.07, 6.45) is 0.0841. The molecule has 0 bridgehead atoms. The van der Waals surface area contributed by atoms with Crippen molar-refractivity contribution in [3.8, 4) is 11.1 Å². The Kier molecular flexibility index (Phi) is 5.86. The van der Waals surface area contributed by atoms with E-state index >= 15 is 0 Å². The maximum Gasteiger partial charge on any atom is 0.192 e. The van der Waals surface area contributed by atoms with Crippen LogP contribution in [0.2, 0.25) is 0 Å². The molecule has 0 spiro atoms. The summed E-state index contributed by atoms with van der Waals surface area (Å²) in [6, 6.07) is 20.9. The normalized spacial score (nSPS) is 14.5. The molecule has 0 unspecified atom stereocenters. The van der Waals surface area contributed by atoms with Gasteiger partial charge in [-0.25, -0.2) is 0 Å². The van der Waals surface area contributed by atoms with Gasteiger partial charge < -0.3 is 19.4 Å². The van der Waals surface area contributed by atoms with Gasteiger partial charge in [0.2, 0.25) is 0 Å². The zero-order chi connectivity index (χ0) is 19.3. The highest BCUT2D eigenvalue weighted by atomic mass is 16.5. The molecule has 0 aliphatic carbocycles. The Morgan fingerprint density at radius 2 is 1.70 bits per heavy atom. The predicted molar refractivity (Wildman–Crippen MR) is 101 cm³/mol. The molecule has 140 valence electrons. The van der Waals surface area contributed by atoms with Crippen LogP contribution in [0.5, 0.6) is 0 Å². The monoisotopic (exact) mass is 366 g/mol. The Morgan fingerprint density at radius 3 is 2.30 bits per heavy atom. The fourth-order valence-electron chi connectivity index (χ4n) is 2.84. The molecular formula is C22H22O5. The van der Waals surface area contributed by atoms with E-state index in [1.54, 1.807) is 12.1 Å². The van der Waals surface area contributed by atoms with Gasteiger partial charge in [-0.1, -0.05) is 54.6 Å². The standard InChI is InChI=1S/C22H22O5/c1-22(20(24)14-23,21(25)19-8-5-13-26-19)27-15-16-9-11-18(12-10-16)17-6-3-2-4-7-17/h2-13,21,23,25H,14-15H2,1H3/t21-,22+/m0/s1. The molecule has 1 heterocycles. The van der Waals surface area contributed by atoms with Gasteiger partial charge in [0, 0.05) is 0 Å². The van der Waals surface area contributed by atoms with E-state index in [9.17, 15) is 15.0 Å². The van der Waals surface area contributed by atoms with Crippen LogP contribution < -0.4 is 0 Å². The number of rotatable bonds is 8. The molecule has 3 aromatic rings. The average Bonchev–Trinajstić information content (AvgIpc) is 3.26. The second kappa shape index (κ2) is 8.31. The molecule has 27 heavy (non-hydrogen) atoms. The van der Waals surface area contributed by atoms with Crippen molar-refractivity contribution in [3.63, 3.8) is 0 Å². The van der Waals surface area contributed by atoms with Gasteiger partial charge in [0.25, 0.3) is 0 Å². The van der Waals surface area contributed by atoms with Crippen molar-refractivity contribution < 1.29 is 24.2 Å². The van der Waals surface area contributed by atoms with Gasteiger partial charge in [0.15, 0.2) is 11.4 Å². The number of carbonyl (C=O) groups is 1. The number of aliphatic hydroxyl groups excluding tert-OH is 2. The van der Waals surface area contributed by atoms with Gasteiger partial charge in [0.05, 0.1) is 12.9 Å². The lowest BCUT2D eigenvalue weighted by Gasteiger charge is -2.31. The smallest absolute Gasteiger partial charge is 0.192 e. The third-order valence-corrected chi connectivity index (χ3v) is 4.63. The van der Waals surface area contributed by atoms with Crippen molar-refractivity contribution >= 4 is 5.78 Å². The molecule has 2 aromatic carbocycles. The summed E-state index contributed by atoms with van der Waals surface area (Å²) in [5, 5.41) is 19.9. The van der Waals surface area contributed by atoms with Crippen LogP contribution >= 0.6 is 0 Å². The molecule has 3 rings (SSSR count). The minimum absolute atomic E-state index is 0.106. The zero-order valence-corrected chi connectivity index (χ0v) is 15.0. The molecule has 5 nitrogen and oxygen atoms in total. The molecule has 0 aliphatic rings. The van der Waals surface area contributed by atoms with Gasteiger partial charge in [0.1, 0.15) is 18.5 Å². The van der Waals surface area contributed by atoms with Crippen LogP contribution in [0.1, 0.15) is 24.4 Å². The van der Waals surface area contributed by atoms with E-state index in [0.717, 1.165) is 16.7 Å². The highest BCUT2D eigenvalue weighted by Crippen LogP contribution is 2.31. The molecule has 5 heteroatoms. The van der Waals surface area contributed by atoms with E-state index in [1.165, 1.54) is 13.2 Å². The van der Waals surface area contributed by atoms with Gasteiger partial charge in [-0.2, -0.15) is 0 Å². The third-order valence-electron chi connectivity index (χ3n) is 4.63. The maximum absolute atomic E-state index is 12.3. The first-order valence-electron chi connectivity index (χ1n) is 8.68. The Morgan fingerprint density at radius 1 is 1.04 bits per heavy atom. The number of ether oxygens (including phenoxy) is 1. The molecule has 0 amide bonds. The van der Waals surface area contributed by atoms with E-state index in [-0.39, 0.29) is 12.4 Å². The molecule has 1 aromatic heterocycles. The van der Waals surface area contributed by atoms with Gasteiger partial charge >= 0.3 is 0 Å². The summed E-state index contributed by atoms with van der Waals surface area (Å²) < 4.78 is 11.0. The number of ketones is 1. The Labute approximate surface area is 157 Å². The van der Waals surface area contributed by atoms with E-state index in [2.05, 4.69) is 0 Å². The highest BCUT2D eigenvalue weighted by Gasteiger charge is 2.43. The van der Waals surface area contributed by atoms with Crippen molar-refractivity contribution in [2.24, 2.45) is 0 Å². The van der Waals surface area contributed by atoms with Crippen LogP contribution in [0.3, 0.4) is 0 Å². The van der Waals surface area contributed by atoms with Crippen LogP contribution in [-0.2, 0) is 16.1 Å². The fraction of sp³-hybridized carbons (Fsp3) is 0.227. The van der Waals surface area contributed by atoms with E-state index in [0.29, 0.717) is 0 Å². The minimum atomic E-state index is -1.62. The summed E-state index contributed by atoms with van der Waals surface area (Å²) in [5.41, 5.74) is 1.41. The van der Waals surface area contributed by atoms with Gasteiger partial charge in [-0.3, -0.25) is 4.79 Å². The lowest BCUT2D eigenvalue weighted by molar-refractivity contribution is -0.167. The fourth-order valence-corrected chi connectivity index (χ4v) is 2.84. The maximum atomic E-state index is 12.3. The lowest BCUT2D eigenvalue weighted by atomic mass is 9.92. The van der Waals surface area contributed by atoms with Crippen molar-refractivity contribution in [2.45, 2.75) is 25.2 Å². The van der Waals surface area contributed by atoms with Crippen molar-refractivity contribution in [1.82, 2.24) is 0 Å². The molecule has 0 aliphatic heterocycles. The highest BCUT2D eigenvalue weighted by molar-refractivity contribution is 5.88. The van der Waals surface area contributed by atoms with E-state index in [1.807, 2.05) is 54.6 Å². The predicted octanol–water partition coefficient (Wildman–Crippen LogP) is 3.52. The van der Waals surface area contributed by atoms with E-state index < -0.39 is 24.1 Å². The molecule has 2 N–H and O–H groups in total. The molecule has 0 fully saturated rings. The summed E-state index contributed by atoms with van der Waals surface area (Å²) in [6.45, 7) is 0.827. The number of hydrogen-bond acceptors (Lipinski definition) is 5. The summed E-state index contributed by atoms with van der Waals surface area (Å²) in [5.74, 6) is -0.411. The third kappa shape index (κ3) is 4.17.